The third kappa shape index (κ3) is 3.23. The minimum absolute atomic E-state index is 0.201. The van der Waals surface area contributed by atoms with E-state index in [-0.39, 0.29) is 12.4 Å². The molecule has 0 amide bonds. The van der Waals surface area contributed by atoms with Crippen molar-refractivity contribution in [2.75, 3.05) is 13.7 Å². The standard InChI is InChI=1S/C15H16FNO2/c1-18-11-6-8-12(9-7-11)19-15(10-17)13-4-2-3-5-14(13)16/h2-9,15H,10,17H2,1H3. The summed E-state index contributed by atoms with van der Waals surface area (Å²) >= 11 is 0. The second kappa shape index (κ2) is 6.20. The van der Waals surface area contributed by atoms with E-state index in [1.807, 2.05) is 0 Å². The first-order valence-electron chi connectivity index (χ1n) is 6.00. The Bertz CT molecular complexity index is 528. The first-order valence-corrected chi connectivity index (χ1v) is 6.00. The number of ether oxygens (including phenoxy) is 2. The molecule has 0 aliphatic carbocycles. The molecule has 0 spiro atoms. The normalized spacial score (nSPS) is 11.9. The van der Waals surface area contributed by atoms with E-state index < -0.39 is 6.10 Å². The highest BCUT2D eigenvalue weighted by Gasteiger charge is 2.15. The maximum absolute atomic E-state index is 13.7. The molecular formula is C15H16FNO2. The number of halogens is 1. The van der Waals surface area contributed by atoms with Crippen LogP contribution in [0.25, 0.3) is 0 Å². The number of hydrogen-bond acceptors (Lipinski definition) is 3. The highest BCUT2D eigenvalue weighted by atomic mass is 19.1. The fraction of sp³-hybridized carbons (Fsp3) is 0.200. The van der Waals surface area contributed by atoms with E-state index in [9.17, 15) is 4.39 Å². The van der Waals surface area contributed by atoms with Gasteiger partial charge in [-0.05, 0) is 30.3 Å². The van der Waals surface area contributed by atoms with Gasteiger partial charge in [0, 0.05) is 12.1 Å². The Morgan fingerprint density at radius 1 is 1.05 bits per heavy atom. The summed E-state index contributed by atoms with van der Waals surface area (Å²) in [6, 6.07) is 13.6. The van der Waals surface area contributed by atoms with Crippen LogP contribution in [-0.4, -0.2) is 13.7 Å². The van der Waals surface area contributed by atoms with Gasteiger partial charge in [0.15, 0.2) is 0 Å². The van der Waals surface area contributed by atoms with Crippen molar-refractivity contribution in [2.24, 2.45) is 5.73 Å². The Labute approximate surface area is 111 Å². The van der Waals surface area contributed by atoms with Crippen molar-refractivity contribution in [3.8, 4) is 11.5 Å². The second-order valence-corrected chi connectivity index (χ2v) is 4.04. The predicted octanol–water partition coefficient (Wildman–Crippen LogP) is 2.91. The maximum atomic E-state index is 13.7. The number of rotatable bonds is 5. The van der Waals surface area contributed by atoms with Crippen LogP contribution in [0.15, 0.2) is 48.5 Å². The minimum atomic E-state index is -0.505. The SMILES string of the molecule is COc1ccc(OC(CN)c2ccccc2F)cc1. The third-order valence-electron chi connectivity index (χ3n) is 2.80. The van der Waals surface area contributed by atoms with Crippen LogP contribution in [0.3, 0.4) is 0 Å². The molecule has 1 unspecified atom stereocenters. The molecule has 0 bridgehead atoms. The Balaban J connectivity index is 2.17. The zero-order valence-electron chi connectivity index (χ0n) is 10.7. The molecule has 19 heavy (non-hydrogen) atoms. The van der Waals surface area contributed by atoms with Crippen LogP contribution in [0, 0.1) is 5.82 Å². The molecule has 0 heterocycles. The van der Waals surface area contributed by atoms with Crippen molar-refractivity contribution in [3.05, 3.63) is 59.9 Å². The van der Waals surface area contributed by atoms with E-state index in [0.717, 1.165) is 5.75 Å². The van der Waals surface area contributed by atoms with Crippen molar-refractivity contribution in [3.63, 3.8) is 0 Å². The molecule has 4 heteroatoms. The van der Waals surface area contributed by atoms with Crippen molar-refractivity contribution in [2.45, 2.75) is 6.10 Å². The molecule has 0 aliphatic rings. The van der Waals surface area contributed by atoms with Gasteiger partial charge >= 0.3 is 0 Å². The molecule has 0 saturated heterocycles. The first-order chi connectivity index (χ1) is 9.24. The monoisotopic (exact) mass is 261 g/mol. The molecule has 3 nitrogen and oxygen atoms in total. The molecule has 2 aromatic rings. The zero-order valence-corrected chi connectivity index (χ0v) is 10.7. The van der Waals surface area contributed by atoms with E-state index in [4.69, 9.17) is 15.2 Å². The van der Waals surface area contributed by atoms with Crippen LogP contribution in [-0.2, 0) is 0 Å². The summed E-state index contributed by atoms with van der Waals surface area (Å²) in [4.78, 5) is 0. The van der Waals surface area contributed by atoms with E-state index in [0.29, 0.717) is 11.3 Å². The van der Waals surface area contributed by atoms with Gasteiger partial charge in [-0.1, -0.05) is 18.2 Å². The lowest BCUT2D eigenvalue weighted by Gasteiger charge is -2.18. The van der Waals surface area contributed by atoms with Crippen LogP contribution in [0.5, 0.6) is 11.5 Å². The minimum Gasteiger partial charge on any atom is -0.497 e. The molecule has 2 N–H and O–H groups in total. The molecule has 0 fully saturated rings. The highest BCUT2D eigenvalue weighted by molar-refractivity contribution is 5.32. The average Bonchev–Trinajstić information content (AvgIpc) is 2.46. The summed E-state index contributed by atoms with van der Waals surface area (Å²) in [5.41, 5.74) is 6.12. The van der Waals surface area contributed by atoms with E-state index in [1.165, 1.54) is 6.07 Å². The fourth-order valence-corrected chi connectivity index (χ4v) is 1.79. The molecule has 2 rings (SSSR count). The summed E-state index contributed by atoms with van der Waals surface area (Å²) in [6.45, 7) is 0.201. The summed E-state index contributed by atoms with van der Waals surface area (Å²) in [6.07, 6.45) is -0.505. The summed E-state index contributed by atoms with van der Waals surface area (Å²) in [5, 5.41) is 0. The Morgan fingerprint density at radius 2 is 1.68 bits per heavy atom. The van der Waals surface area contributed by atoms with Gasteiger partial charge in [-0.2, -0.15) is 0 Å². The first kappa shape index (κ1) is 13.4. The summed E-state index contributed by atoms with van der Waals surface area (Å²) in [5.74, 6) is 1.05. The van der Waals surface area contributed by atoms with Gasteiger partial charge in [0.05, 0.1) is 7.11 Å². The molecule has 0 radical (unpaired) electrons. The van der Waals surface area contributed by atoms with E-state index >= 15 is 0 Å². The smallest absolute Gasteiger partial charge is 0.139 e. The lowest BCUT2D eigenvalue weighted by Crippen LogP contribution is -2.19. The Hall–Kier alpha value is -2.07. The van der Waals surface area contributed by atoms with Gasteiger partial charge < -0.3 is 15.2 Å². The molecule has 0 saturated carbocycles. The Morgan fingerprint density at radius 3 is 2.26 bits per heavy atom. The summed E-state index contributed by atoms with van der Waals surface area (Å²) < 4.78 is 24.5. The van der Waals surface area contributed by atoms with E-state index in [1.54, 1.807) is 49.6 Å². The third-order valence-corrected chi connectivity index (χ3v) is 2.80. The lowest BCUT2D eigenvalue weighted by atomic mass is 10.1. The quantitative estimate of drug-likeness (QED) is 0.900. The van der Waals surface area contributed by atoms with Gasteiger partial charge in [0.1, 0.15) is 23.4 Å². The van der Waals surface area contributed by atoms with Crippen LogP contribution in [0.2, 0.25) is 0 Å². The molecule has 0 aromatic heterocycles. The lowest BCUT2D eigenvalue weighted by molar-refractivity contribution is 0.209. The fourth-order valence-electron chi connectivity index (χ4n) is 1.79. The maximum Gasteiger partial charge on any atom is 0.139 e. The topological polar surface area (TPSA) is 44.5 Å². The van der Waals surface area contributed by atoms with Crippen molar-refractivity contribution < 1.29 is 13.9 Å². The average molecular weight is 261 g/mol. The largest absolute Gasteiger partial charge is 0.497 e. The van der Waals surface area contributed by atoms with Gasteiger partial charge in [-0.3, -0.25) is 0 Å². The molecule has 1 atom stereocenters. The molecule has 2 aromatic carbocycles. The Kier molecular flexibility index (Phi) is 4.36. The van der Waals surface area contributed by atoms with Crippen LogP contribution >= 0.6 is 0 Å². The van der Waals surface area contributed by atoms with Gasteiger partial charge in [0.25, 0.3) is 0 Å². The van der Waals surface area contributed by atoms with Crippen LogP contribution in [0.1, 0.15) is 11.7 Å². The van der Waals surface area contributed by atoms with Crippen LogP contribution < -0.4 is 15.2 Å². The van der Waals surface area contributed by atoms with E-state index in [2.05, 4.69) is 0 Å². The second-order valence-electron chi connectivity index (χ2n) is 4.04. The van der Waals surface area contributed by atoms with Crippen molar-refractivity contribution in [1.29, 1.82) is 0 Å². The van der Waals surface area contributed by atoms with Crippen molar-refractivity contribution in [1.82, 2.24) is 0 Å². The number of benzene rings is 2. The number of hydrogen-bond donors (Lipinski definition) is 1. The van der Waals surface area contributed by atoms with Gasteiger partial charge in [-0.15, -0.1) is 0 Å². The highest BCUT2D eigenvalue weighted by Crippen LogP contribution is 2.24. The zero-order chi connectivity index (χ0) is 13.7. The predicted molar refractivity (Wildman–Crippen MR) is 71.8 cm³/mol. The van der Waals surface area contributed by atoms with Crippen molar-refractivity contribution >= 4 is 0 Å². The number of nitrogens with two attached hydrogens (primary N) is 1. The summed E-state index contributed by atoms with van der Waals surface area (Å²) in [7, 11) is 1.60. The molecule has 0 aliphatic heterocycles. The van der Waals surface area contributed by atoms with Gasteiger partial charge in [0.2, 0.25) is 0 Å². The molecule has 100 valence electrons. The van der Waals surface area contributed by atoms with Gasteiger partial charge in [-0.25, -0.2) is 4.39 Å². The van der Waals surface area contributed by atoms with Crippen LogP contribution in [0.4, 0.5) is 4.39 Å². The number of methoxy groups -OCH3 is 1. The molecular weight excluding hydrogens is 245 g/mol.